The lowest BCUT2D eigenvalue weighted by Crippen LogP contribution is -2.48. The van der Waals surface area contributed by atoms with Gasteiger partial charge >= 0.3 is 6.03 Å². The number of likely N-dealkylation sites (tertiary alicyclic amines) is 2. The first kappa shape index (κ1) is 24.1. The van der Waals surface area contributed by atoms with Crippen LogP contribution in [0, 0.1) is 0 Å². The van der Waals surface area contributed by atoms with Gasteiger partial charge in [0.1, 0.15) is 0 Å². The molecule has 31 heavy (non-hydrogen) atoms. The molecule has 172 valence electrons. The highest BCUT2D eigenvalue weighted by molar-refractivity contribution is 6.42. The van der Waals surface area contributed by atoms with Crippen LogP contribution in [0.5, 0.6) is 0 Å². The molecule has 3 rings (SSSR count). The van der Waals surface area contributed by atoms with E-state index in [2.05, 4.69) is 20.4 Å². The van der Waals surface area contributed by atoms with Gasteiger partial charge in [0, 0.05) is 37.3 Å². The number of rotatable bonds is 8. The van der Waals surface area contributed by atoms with Crippen LogP contribution >= 0.6 is 23.2 Å². The number of hydrogen-bond donors (Lipinski definition) is 2. The first-order valence-electron chi connectivity index (χ1n) is 11.5. The lowest BCUT2D eigenvalue weighted by molar-refractivity contribution is -0.134. The average Bonchev–Trinajstić information content (AvgIpc) is 3.17. The van der Waals surface area contributed by atoms with Gasteiger partial charge in [-0.15, -0.1) is 0 Å². The first-order chi connectivity index (χ1) is 15.0. The van der Waals surface area contributed by atoms with E-state index in [1.807, 2.05) is 6.92 Å². The predicted octanol–water partition coefficient (Wildman–Crippen LogP) is 5.15. The third kappa shape index (κ3) is 6.99. The van der Waals surface area contributed by atoms with Gasteiger partial charge in [-0.25, -0.2) is 4.79 Å². The molecule has 2 heterocycles. The molecule has 0 bridgehead atoms. The third-order valence-electron chi connectivity index (χ3n) is 6.27. The first-order valence-corrected chi connectivity index (χ1v) is 12.3. The van der Waals surface area contributed by atoms with Gasteiger partial charge in [0.2, 0.25) is 5.91 Å². The van der Waals surface area contributed by atoms with Crippen molar-refractivity contribution in [3.05, 3.63) is 28.2 Å². The van der Waals surface area contributed by atoms with Crippen molar-refractivity contribution in [2.45, 2.75) is 70.4 Å². The maximum Gasteiger partial charge on any atom is 0.319 e. The zero-order chi connectivity index (χ0) is 22.2. The number of carbonyl (C=O) groups excluding carboxylic acids is 2. The summed E-state index contributed by atoms with van der Waals surface area (Å²) < 4.78 is 0. The zero-order valence-corrected chi connectivity index (χ0v) is 19.9. The molecule has 1 aromatic rings. The molecule has 3 amide bonds. The SMILES string of the molecule is CCCC(=O)N1[C@@H](CCN2CCCCC2)CC[C@H]1CNC(=O)Nc1ccc(Cl)c(Cl)c1. The van der Waals surface area contributed by atoms with E-state index in [1.54, 1.807) is 18.2 Å². The van der Waals surface area contributed by atoms with Crippen molar-refractivity contribution in [3.8, 4) is 0 Å². The van der Waals surface area contributed by atoms with Crippen molar-refractivity contribution in [3.63, 3.8) is 0 Å². The fraction of sp³-hybridized carbons (Fsp3) is 0.652. The largest absolute Gasteiger partial charge is 0.336 e. The predicted molar refractivity (Wildman–Crippen MR) is 127 cm³/mol. The number of anilines is 1. The smallest absolute Gasteiger partial charge is 0.319 e. The third-order valence-corrected chi connectivity index (χ3v) is 7.01. The molecule has 2 aliphatic heterocycles. The summed E-state index contributed by atoms with van der Waals surface area (Å²) in [7, 11) is 0. The second-order valence-corrected chi connectivity index (χ2v) is 9.41. The van der Waals surface area contributed by atoms with Crippen LogP contribution in [0.3, 0.4) is 0 Å². The summed E-state index contributed by atoms with van der Waals surface area (Å²) in [5, 5.41) is 6.54. The van der Waals surface area contributed by atoms with E-state index < -0.39 is 0 Å². The molecule has 0 aromatic heterocycles. The Balaban J connectivity index is 1.53. The maximum absolute atomic E-state index is 12.9. The Kier molecular flexibility index (Phi) is 9.30. The molecule has 2 atom stereocenters. The number of piperidine rings is 1. The van der Waals surface area contributed by atoms with Gasteiger partial charge in [-0.1, -0.05) is 36.5 Å². The van der Waals surface area contributed by atoms with Crippen LogP contribution in [0.15, 0.2) is 18.2 Å². The van der Waals surface area contributed by atoms with Gasteiger partial charge in [-0.2, -0.15) is 0 Å². The Bertz CT molecular complexity index is 755. The molecule has 2 aliphatic rings. The molecule has 6 nitrogen and oxygen atoms in total. The molecule has 0 aliphatic carbocycles. The molecule has 0 saturated carbocycles. The highest BCUT2D eigenvalue weighted by Crippen LogP contribution is 2.28. The van der Waals surface area contributed by atoms with Crippen molar-refractivity contribution < 1.29 is 9.59 Å². The van der Waals surface area contributed by atoms with Crippen LogP contribution in [0.4, 0.5) is 10.5 Å². The second-order valence-electron chi connectivity index (χ2n) is 8.59. The minimum Gasteiger partial charge on any atom is -0.336 e. The van der Waals surface area contributed by atoms with Gasteiger partial charge in [0.25, 0.3) is 0 Å². The van der Waals surface area contributed by atoms with Crippen LogP contribution in [0.25, 0.3) is 0 Å². The van der Waals surface area contributed by atoms with Crippen LogP contribution in [-0.2, 0) is 4.79 Å². The number of hydrogen-bond acceptors (Lipinski definition) is 3. The molecule has 0 unspecified atom stereocenters. The normalized spacial score (nSPS) is 21.8. The minimum atomic E-state index is -0.307. The van der Waals surface area contributed by atoms with Gasteiger partial charge in [0.15, 0.2) is 0 Å². The monoisotopic (exact) mass is 468 g/mol. The van der Waals surface area contributed by atoms with Crippen molar-refractivity contribution in [1.82, 2.24) is 15.1 Å². The fourth-order valence-electron chi connectivity index (χ4n) is 4.67. The molecule has 2 saturated heterocycles. The Labute approximate surface area is 195 Å². The number of urea groups is 1. The molecule has 1 aromatic carbocycles. The van der Waals surface area contributed by atoms with E-state index in [-0.39, 0.29) is 24.0 Å². The van der Waals surface area contributed by atoms with Gasteiger partial charge in [0.05, 0.1) is 10.0 Å². The van der Waals surface area contributed by atoms with Gasteiger partial charge < -0.3 is 20.4 Å². The van der Waals surface area contributed by atoms with Crippen LogP contribution in [0.1, 0.15) is 58.3 Å². The van der Waals surface area contributed by atoms with Crippen LogP contribution < -0.4 is 10.6 Å². The number of nitrogens with one attached hydrogen (secondary N) is 2. The molecular formula is C23H34Cl2N4O2. The molecule has 2 N–H and O–H groups in total. The standard InChI is InChI=1S/C23H34Cl2N4O2/c1-2-6-22(30)29-18(11-14-28-12-4-3-5-13-28)8-9-19(29)16-26-23(31)27-17-7-10-20(24)21(25)15-17/h7,10,15,18-19H,2-6,8-9,11-14,16H2,1H3,(H2,26,27,31)/t18-,19+/m1/s1. The van der Waals surface area contributed by atoms with Crippen molar-refractivity contribution >= 4 is 40.8 Å². The molecule has 2 fully saturated rings. The summed E-state index contributed by atoms with van der Waals surface area (Å²) in [5.74, 6) is 0.209. The van der Waals surface area contributed by atoms with E-state index in [9.17, 15) is 9.59 Å². The Morgan fingerprint density at radius 2 is 1.81 bits per heavy atom. The molecular weight excluding hydrogens is 435 g/mol. The summed E-state index contributed by atoms with van der Waals surface area (Å²) in [6, 6.07) is 4.98. The molecule has 0 spiro atoms. The van der Waals surface area contributed by atoms with Crippen LogP contribution in [0.2, 0.25) is 10.0 Å². The highest BCUT2D eigenvalue weighted by atomic mass is 35.5. The van der Waals surface area contributed by atoms with Gasteiger partial charge in [-0.05, 0) is 69.8 Å². The Morgan fingerprint density at radius 3 is 2.52 bits per heavy atom. The quantitative estimate of drug-likeness (QED) is 0.554. The summed E-state index contributed by atoms with van der Waals surface area (Å²) in [4.78, 5) is 29.8. The van der Waals surface area contributed by atoms with Crippen molar-refractivity contribution in [1.29, 1.82) is 0 Å². The lowest BCUT2D eigenvalue weighted by Gasteiger charge is -2.33. The minimum absolute atomic E-state index is 0.0463. The number of nitrogens with zero attached hydrogens (tertiary/aromatic N) is 2. The topological polar surface area (TPSA) is 64.7 Å². The number of amides is 3. The lowest BCUT2D eigenvalue weighted by atomic mass is 10.1. The number of benzene rings is 1. The summed E-state index contributed by atoms with van der Waals surface area (Å²) in [6.07, 6.45) is 8.24. The number of carbonyl (C=O) groups is 2. The maximum atomic E-state index is 12.9. The Morgan fingerprint density at radius 1 is 1.06 bits per heavy atom. The van der Waals surface area contributed by atoms with E-state index in [1.165, 1.54) is 32.4 Å². The van der Waals surface area contributed by atoms with Crippen molar-refractivity contribution in [2.24, 2.45) is 0 Å². The second kappa shape index (κ2) is 11.9. The summed E-state index contributed by atoms with van der Waals surface area (Å²) in [6.45, 7) is 5.89. The van der Waals surface area contributed by atoms with E-state index in [0.29, 0.717) is 28.7 Å². The van der Waals surface area contributed by atoms with E-state index in [4.69, 9.17) is 23.2 Å². The molecule has 8 heteroatoms. The number of halogens is 2. The highest BCUT2D eigenvalue weighted by Gasteiger charge is 2.36. The summed E-state index contributed by atoms with van der Waals surface area (Å²) >= 11 is 11.9. The van der Waals surface area contributed by atoms with E-state index in [0.717, 1.165) is 32.2 Å². The van der Waals surface area contributed by atoms with Crippen molar-refractivity contribution in [2.75, 3.05) is 31.5 Å². The van der Waals surface area contributed by atoms with Gasteiger partial charge in [-0.3, -0.25) is 4.79 Å². The zero-order valence-electron chi connectivity index (χ0n) is 18.3. The average molecular weight is 469 g/mol. The fourth-order valence-corrected chi connectivity index (χ4v) is 4.97. The van der Waals surface area contributed by atoms with Crippen LogP contribution in [-0.4, -0.2) is 60.0 Å². The Hall–Kier alpha value is -1.50. The summed E-state index contributed by atoms with van der Waals surface area (Å²) in [5.41, 5.74) is 0.580. The molecule has 0 radical (unpaired) electrons. The van der Waals surface area contributed by atoms with E-state index >= 15 is 0 Å².